The van der Waals surface area contributed by atoms with Crippen molar-refractivity contribution in [2.45, 2.75) is 13.3 Å². The van der Waals surface area contributed by atoms with Gasteiger partial charge in [0.05, 0.1) is 0 Å². The molecule has 3 rings (SSSR count). The Hall–Kier alpha value is -2.08. The van der Waals surface area contributed by atoms with Gasteiger partial charge in [0, 0.05) is 0 Å². The van der Waals surface area contributed by atoms with Gasteiger partial charge >= 0.3 is 0 Å². The molecule has 0 nitrogen and oxygen atoms in total. The maximum Gasteiger partial charge on any atom is -0.00253 e. The zero-order valence-corrected chi connectivity index (χ0v) is 10.6. The topological polar surface area (TPSA) is 0 Å². The SMILES string of the molecule is C=C1C=C(c2ccccc2)c2cc(C)ccc2C1. The summed E-state index contributed by atoms with van der Waals surface area (Å²) in [7, 11) is 0. The first kappa shape index (κ1) is 11.0. The van der Waals surface area contributed by atoms with Crippen molar-refractivity contribution in [2.75, 3.05) is 0 Å². The van der Waals surface area contributed by atoms with Gasteiger partial charge in [-0.1, -0.05) is 72.3 Å². The predicted octanol–water partition coefficient (Wildman–Crippen LogP) is 4.54. The van der Waals surface area contributed by atoms with Gasteiger partial charge in [0.2, 0.25) is 0 Å². The zero-order valence-electron chi connectivity index (χ0n) is 10.6. The van der Waals surface area contributed by atoms with Crippen molar-refractivity contribution in [1.82, 2.24) is 0 Å². The van der Waals surface area contributed by atoms with E-state index in [1.165, 1.54) is 33.4 Å². The Morgan fingerprint density at radius 1 is 1.00 bits per heavy atom. The van der Waals surface area contributed by atoms with Crippen LogP contribution in [0.25, 0.3) is 5.57 Å². The van der Waals surface area contributed by atoms with E-state index in [4.69, 9.17) is 0 Å². The van der Waals surface area contributed by atoms with E-state index >= 15 is 0 Å². The fourth-order valence-corrected chi connectivity index (χ4v) is 2.53. The van der Waals surface area contributed by atoms with E-state index in [0.717, 1.165) is 6.42 Å². The minimum Gasteiger partial charge on any atom is -0.0955 e. The monoisotopic (exact) mass is 232 g/mol. The average Bonchev–Trinajstić information content (AvgIpc) is 2.39. The quantitative estimate of drug-likeness (QED) is 0.677. The maximum absolute atomic E-state index is 4.13. The van der Waals surface area contributed by atoms with E-state index in [-0.39, 0.29) is 0 Å². The van der Waals surface area contributed by atoms with Gasteiger partial charge in [-0.2, -0.15) is 0 Å². The van der Waals surface area contributed by atoms with Crippen LogP contribution in [0.3, 0.4) is 0 Å². The van der Waals surface area contributed by atoms with Crippen LogP contribution in [0, 0.1) is 6.92 Å². The molecule has 88 valence electrons. The van der Waals surface area contributed by atoms with E-state index in [1.807, 2.05) is 0 Å². The molecule has 2 aromatic rings. The van der Waals surface area contributed by atoms with Crippen LogP contribution in [0.4, 0.5) is 0 Å². The Balaban J connectivity index is 2.20. The third-order valence-corrected chi connectivity index (χ3v) is 3.41. The van der Waals surface area contributed by atoms with Crippen LogP contribution >= 0.6 is 0 Å². The van der Waals surface area contributed by atoms with Crippen molar-refractivity contribution in [3.8, 4) is 0 Å². The molecule has 1 aliphatic rings. The van der Waals surface area contributed by atoms with Crippen molar-refractivity contribution < 1.29 is 0 Å². The summed E-state index contributed by atoms with van der Waals surface area (Å²) in [4.78, 5) is 0. The molecule has 0 atom stereocenters. The average molecular weight is 232 g/mol. The van der Waals surface area contributed by atoms with Gasteiger partial charge in [-0.25, -0.2) is 0 Å². The second-order valence-electron chi connectivity index (χ2n) is 4.92. The smallest absolute Gasteiger partial charge is 0.00253 e. The fourth-order valence-electron chi connectivity index (χ4n) is 2.53. The van der Waals surface area contributed by atoms with Crippen LogP contribution in [0.5, 0.6) is 0 Å². The Labute approximate surface area is 108 Å². The van der Waals surface area contributed by atoms with Crippen LogP contribution in [0.2, 0.25) is 0 Å². The van der Waals surface area contributed by atoms with Crippen molar-refractivity contribution in [3.63, 3.8) is 0 Å². The van der Waals surface area contributed by atoms with Crippen LogP contribution in [0.1, 0.15) is 22.3 Å². The first-order valence-corrected chi connectivity index (χ1v) is 6.29. The molecule has 0 aromatic heterocycles. The minimum absolute atomic E-state index is 0.964. The number of benzene rings is 2. The van der Waals surface area contributed by atoms with Gasteiger partial charge in [0.1, 0.15) is 0 Å². The van der Waals surface area contributed by atoms with Gasteiger partial charge in [-0.3, -0.25) is 0 Å². The molecule has 0 amide bonds. The van der Waals surface area contributed by atoms with Crippen molar-refractivity contribution in [3.05, 3.63) is 89.0 Å². The molecular formula is C18H16. The van der Waals surface area contributed by atoms with E-state index in [0.29, 0.717) is 0 Å². The lowest BCUT2D eigenvalue weighted by molar-refractivity contribution is 1.16. The number of hydrogen-bond acceptors (Lipinski definition) is 0. The molecule has 1 aliphatic carbocycles. The summed E-state index contributed by atoms with van der Waals surface area (Å²) in [6.07, 6.45) is 3.18. The highest BCUT2D eigenvalue weighted by atomic mass is 14.2. The minimum atomic E-state index is 0.964. The van der Waals surface area contributed by atoms with Crippen molar-refractivity contribution >= 4 is 5.57 Å². The Morgan fingerprint density at radius 3 is 2.56 bits per heavy atom. The third kappa shape index (κ3) is 1.91. The fraction of sp³-hybridized carbons (Fsp3) is 0.111. The Kier molecular flexibility index (Phi) is 2.64. The number of aryl methyl sites for hydroxylation is 1. The standard InChI is InChI=1S/C18H16/c1-13-8-9-16-10-14(2)12-17(18(16)11-13)15-6-4-3-5-7-15/h3-9,11-12H,2,10H2,1H3. The van der Waals surface area contributed by atoms with Gasteiger partial charge in [-0.15, -0.1) is 0 Å². The Bertz CT molecular complexity index is 630. The summed E-state index contributed by atoms with van der Waals surface area (Å²) in [6, 6.07) is 17.2. The summed E-state index contributed by atoms with van der Waals surface area (Å²) in [6.45, 7) is 6.28. The molecule has 0 unspecified atom stereocenters. The normalized spacial score (nSPS) is 14.1. The summed E-state index contributed by atoms with van der Waals surface area (Å²) in [5.41, 5.74) is 7.80. The molecule has 0 aliphatic heterocycles. The lowest BCUT2D eigenvalue weighted by atomic mass is 9.84. The largest absolute Gasteiger partial charge is 0.0955 e. The van der Waals surface area contributed by atoms with E-state index < -0.39 is 0 Å². The molecule has 0 heterocycles. The molecule has 0 N–H and O–H groups in total. The first-order valence-electron chi connectivity index (χ1n) is 6.29. The molecule has 0 radical (unpaired) electrons. The third-order valence-electron chi connectivity index (χ3n) is 3.41. The molecule has 0 saturated carbocycles. The molecule has 0 saturated heterocycles. The van der Waals surface area contributed by atoms with E-state index in [9.17, 15) is 0 Å². The molecule has 0 spiro atoms. The lowest BCUT2D eigenvalue weighted by Crippen LogP contribution is -2.03. The second-order valence-corrected chi connectivity index (χ2v) is 4.92. The van der Waals surface area contributed by atoms with E-state index in [2.05, 4.69) is 68.1 Å². The highest BCUT2D eigenvalue weighted by Gasteiger charge is 2.15. The summed E-state index contributed by atoms with van der Waals surface area (Å²) in [5.74, 6) is 0. The first-order chi connectivity index (χ1) is 8.74. The van der Waals surface area contributed by atoms with Crippen LogP contribution in [-0.4, -0.2) is 0 Å². The number of fused-ring (bicyclic) bond motifs is 1. The summed E-state index contributed by atoms with van der Waals surface area (Å²) < 4.78 is 0. The molecule has 2 aromatic carbocycles. The number of rotatable bonds is 1. The lowest BCUT2D eigenvalue weighted by Gasteiger charge is -2.20. The highest BCUT2D eigenvalue weighted by Crippen LogP contribution is 2.33. The van der Waals surface area contributed by atoms with Crippen LogP contribution in [0.15, 0.2) is 66.8 Å². The van der Waals surface area contributed by atoms with E-state index in [1.54, 1.807) is 0 Å². The van der Waals surface area contributed by atoms with Gasteiger partial charge < -0.3 is 0 Å². The Morgan fingerprint density at radius 2 is 1.78 bits per heavy atom. The number of allylic oxidation sites excluding steroid dienone is 2. The van der Waals surface area contributed by atoms with Crippen LogP contribution < -0.4 is 0 Å². The van der Waals surface area contributed by atoms with Gasteiger partial charge in [0.15, 0.2) is 0 Å². The predicted molar refractivity (Wildman–Crippen MR) is 77.5 cm³/mol. The maximum atomic E-state index is 4.13. The zero-order chi connectivity index (χ0) is 12.5. The molecular weight excluding hydrogens is 216 g/mol. The summed E-state index contributed by atoms with van der Waals surface area (Å²) in [5, 5.41) is 0. The molecule has 18 heavy (non-hydrogen) atoms. The van der Waals surface area contributed by atoms with Crippen molar-refractivity contribution in [2.24, 2.45) is 0 Å². The molecule has 0 heteroatoms. The highest BCUT2D eigenvalue weighted by molar-refractivity contribution is 5.85. The number of hydrogen-bond donors (Lipinski definition) is 0. The summed E-state index contributed by atoms with van der Waals surface area (Å²) >= 11 is 0. The van der Waals surface area contributed by atoms with Gasteiger partial charge in [-0.05, 0) is 35.6 Å². The molecule has 0 bridgehead atoms. The van der Waals surface area contributed by atoms with Gasteiger partial charge in [0.25, 0.3) is 0 Å². The van der Waals surface area contributed by atoms with Crippen LogP contribution in [-0.2, 0) is 6.42 Å². The van der Waals surface area contributed by atoms with Crippen molar-refractivity contribution in [1.29, 1.82) is 0 Å². The molecule has 0 fully saturated rings. The second kappa shape index (κ2) is 4.30.